The van der Waals surface area contributed by atoms with Crippen molar-refractivity contribution in [1.29, 1.82) is 0 Å². The normalized spacial score (nSPS) is 11.3. The van der Waals surface area contributed by atoms with Gasteiger partial charge in [0.05, 0.1) is 5.69 Å². The summed E-state index contributed by atoms with van der Waals surface area (Å²) in [5.41, 5.74) is 7.61. The summed E-state index contributed by atoms with van der Waals surface area (Å²) in [5, 5.41) is 18.1. The summed E-state index contributed by atoms with van der Waals surface area (Å²) in [6.07, 6.45) is 0. The highest BCUT2D eigenvalue weighted by molar-refractivity contribution is 7.07. The number of nitrogens with zero attached hydrogens (tertiary/aromatic N) is 3. The molecule has 0 aliphatic rings. The van der Waals surface area contributed by atoms with Crippen molar-refractivity contribution in [1.82, 2.24) is 14.9 Å². The van der Waals surface area contributed by atoms with Crippen molar-refractivity contribution >= 4 is 23.3 Å². The lowest BCUT2D eigenvalue weighted by Crippen LogP contribution is -2.22. The van der Waals surface area contributed by atoms with Crippen LogP contribution in [-0.4, -0.2) is 26.5 Å². The Morgan fingerprint density at radius 1 is 1.45 bits per heavy atom. The van der Waals surface area contributed by atoms with E-state index < -0.39 is 0 Å². The summed E-state index contributed by atoms with van der Waals surface area (Å²) in [6.45, 7) is 2.12. The van der Waals surface area contributed by atoms with E-state index in [4.69, 9.17) is 10.9 Å². The largest absolute Gasteiger partial charge is 0.409 e. The van der Waals surface area contributed by atoms with Crippen LogP contribution in [0.15, 0.2) is 29.4 Å². The second-order valence-electron chi connectivity index (χ2n) is 4.05. The molecule has 0 saturated heterocycles. The number of carbonyl (C=O) groups is 1. The number of nitrogens with one attached hydrogen (secondary N) is 1. The Kier molecular flexibility index (Phi) is 4.26. The number of hydrogen-bond donors (Lipinski definition) is 3. The van der Waals surface area contributed by atoms with Gasteiger partial charge in [-0.2, -0.15) is 0 Å². The van der Waals surface area contributed by atoms with Crippen LogP contribution < -0.4 is 11.1 Å². The fraction of sp³-hybridized carbons (Fsp3) is 0.167. The smallest absolute Gasteiger partial charge is 0.265 e. The summed E-state index contributed by atoms with van der Waals surface area (Å²) in [5.74, 6) is -0.148. The topological polar surface area (TPSA) is 113 Å². The average Bonchev–Trinajstić information content (AvgIpc) is 2.90. The van der Waals surface area contributed by atoms with Crippen molar-refractivity contribution in [2.75, 3.05) is 0 Å². The standard InChI is InChI=1S/C12H13N5O2S/c1-7-10(20-17-15-7)12(18)14-6-8-2-4-9(5-3-8)11(13)16-19/h2-5,19H,6H2,1H3,(H2,13,16)(H,14,18). The molecule has 1 heterocycles. The molecule has 0 spiro atoms. The number of aromatic nitrogens is 2. The molecule has 8 heteroatoms. The van der Waals surface area contributed by atoms with Gasteiger partial charge in [0.25, 0.3) is 5.91 Å². The zero-order valence-corrected chi connectivity index (χ0v) is 11.5. The molecule has 0 fully saturated rings. The van der Waals surface area contributed by atoms with E-state index in [0.717, 1.165) is 17.1 Å². The summed E-state index contributed by atoms with van der Waals surface area (Å²) in [7, 11) is 0. The first-order chi connectivity index (χ1) is 9.61. The minimum absolute atomic E-state index is 0.0481. The van der Waals surface area contributed by atoms with Crippen LogP contribution in [0.3, 0.4) is 0 Å². The molecule has 20 heavy (non-hydrogen) atoms. The monoisotopic (exact) mass is 291 g/mol. The number of oxime groups is 1. The van der Waals surface area contributed by atoms with Crippen molar-refractivity contribution in [2.45, 2.75) is 13.5 Å². The van der Waals surface area contributed by atoms with Gasteiger partial charge in [0.1, 0.15) is 4.88 Å². The first-order valence-corrected chi connectivity index (χ1v) is 6.53. The SMILES string of the molecule is Cc1nnsc1C(=O)NCc1ccc(C(N)=NO)cc1. The third-order valence-electron chi connectivity index (χ3n) is 2.67. The minimum atomic E-state index is -0.196. The van der Waals surface area contributed by atoms with E-state index in [1.165, 1.54) is 0 Å². The highest BCUT2D eigenvalue weighted by atomic mass is 32.1. The molecule has 0 aliphatic heterocycles. The van der Waals surface area contributed by atoms with Crippen LogP contribution in [0.2, 0.25) is 0 Å². The van der Waals surface area contributed by atoms with Crippen LogP contribution in [0.1, 0.15) is 26.5 Å². The van der Waals surface area contributed by atoms with Crippen LogP contribution in [-0.2, 0) is 6.54 Å². The molecular formula is C12H13N5O2S. The molecule has 2 rings (SSSR count). The summed E-state index contributed by atoms with van der Waals surface area (Å²) in [4.78, 5) is 12.4. The van der Waals surface area contributed by atoms with Gasteiger partial charge in [-0.3, -0.25) is 4.79 Å². The van der Waals surface area contributed by atoms with Gasteiger partial charge >= 0.3 is 0 Å². The molecule has 0 unspecified atom stereocenters. The maximum atomic E-state index is 11.9. The van der Waals surface area contributed by atoms with Crippen molar-refractivity contribution < 1.29 is 10.0 Å². The van der Waals surface area contributed by atoms with Crippen molar-refractivity contribution in [3.8, 4) is 0 Å². The van der Waals surface area contributed by atoms with Crippen LogP contribution in [0.5, 0.6) is 0 Å². The molecule has 1 aromatic heterocycles. The van der Waals surface area contributed by atoms with Gasteiger partial charge in [0.15, 0.2) is 5.84 Å². The lowest BCUT2D eigenvalue weighted by Gasteiger charge is -2.05. The number of nitrogens with two attached hydrogens (primary N) is 1. The second-order valence-corrected chi connectivity index (χ2v) is 4.81. The number of amidine groups is 1. The van der Waals surface area contributed by atoms with Crippen LogP contribution >= 0.6 is 11.5 Å². The van der Waals surface area contributed by atoms with E-state index >= 15 is 0 Å². The maximum absolute atomic E-state index is 11.9. The Morgan fingerprint density at radius 2 is 2.15 bits per heavy atom. The molecular weight excluding hydrogens is 278 g/mol. The molecule has 104 valence electrons. The molecule has 0 atom stereocenters. The number of hydrogen-bond acceptors (Lipinski definition) is 6. The van der Waals surface area contributed by atoms with E-state index in [-0.39, 0.29) is 11.7 Å². The Labute approximate surface area is 119 Å². The molecule has 0 saturated carbocycles. The first kappa shape index (κ1) is 13.9. The molecule has 0 bridgehead atoms. The van der Waals surface area contributed by atoms with Crippen LogP contribution in [0.4, 0.5) is 0 Å². The van der Waals surface area contributed by atoms with Gasteiger partial charge in [-0.25, -0.2) is 0 Å². The van der Waals surface area contributed by atoms with Crippen LogP contribution in [0, 0.1) is 6.92 Å². The third-order valence-corrected chi connectivity index (χ3v) is 3.49. The van der Waals surface area contributed by atoms with E-state index in [1.54, 1.807) is 31.2 Å². The zero-order chi connectivity index (χ0) is 14.5. The molecule has 4 N–H and O–H groups in total. The lowest BCUT2D eigenvalue weighted by molar-refractivity contribution is 0.0954. The Bertz CT molecular complexity index is 636. The van der Waals surface area contributed by atoms with Crippen molar-refractivity contribution in [2.24, 2.45) is 10.9 Å². The van der Waals surface area contributed by atoms with Crippen LogP contribution in [0.25, 0.3) is 0 Å². The van der Waals surface area contributed by atoms with Gasteiger partial charge in [-0.1, -0.05) is 33.9 Å². The molecule has 1 amide bonds. The Morgan fingerprint density at radius 3 is 2.70 bits per heavy atom. The average molecular weight is 291 g/mol. The molecule has 0 aliphatic carbocycles. The van der Waals surface area contributed by atoms with Gasteiger partial charge in [-0.05, 0) is 24.0 Å². The second kappa shape index (κ2) is 6.11. The number of amides is 1. The predicted octanol–water partition coefficient (Wildman–Crippen LogP) is 0.871. The van der Waals surface area contributed by atoms with Gasteiger partial charge in [0.2, 0.25) is 0 Å². The van der Waals surface area contributed by atoms with Crippen molar-refractivity contribution in [3.63, 3.8) is 0 Å². The van der Waals surface area contributed by atoms with E-state index in [9.17, 15) is 4.79 Å². The summed E-state index contributed by atoms with van der Waals surface area (Å²) >= 11 is 1.07. The van der Waals surface area contributed by atoms with Gasteiger partial charge < -0.3 is 16.3 Å². The number of carbonyl (C=O) groups excluding carboxylic acids is 1. The molecule has 1 aromatic carbocycles. The molecule has 2 aromatic rings. The van der Waals surface area contributed by atoms with E-state index in [1.807, 2.05) is 0 Å². The maximum Gasteiger partial charge on any atom is 0.265 e. The lowest BCUT2D eigenvalue weighted by atomic mass is 10.1. The Hall–Kier alpha value is -2.48. The Balaban J connectivity index is 1.98. The predicted molar refractivity (Wildman–Crippen MR) is 74.8 cm³/mol. The highest BCUT2D eigenvalue weighted by Crippen LogP contribution is 2.09. The van der Waals surface area contributed by atoms with Gasteiger partial charge in [-0.15, -0.1) is 5.10 Å². The molecule has 7 nitrogen and oxygen atoms in total. The van der Waals surface area contributed by atoms with Crippen molar-refractivity contribution in [3.05, 3.63) is 46.0 Å². The van der Waals surface area contributed by atoms with E-state index in [2.05, 4.69) is 20.1 Å². The highest BCUT2D eigenvalue weighted by Gasteiger charge is 2.12. The summed E-state index contributed by atoms with van der Waals surface area (Å²) < 4.78 is 3.72. The number of aryl methyl sites for hydroxylation is 1. The zero-order valence-electron chi connectivity index (χ0n) is 10.7. The molecule has 0 radical (unpaired) electrons. The van der Waals surface area contributed by atoms with Gasteiger partial charge in [0, 0.05) is 12.1 Å². The number of rotatable bonds is 4. The fourth-order valence-electron chi connectivity index (χ4n) is 1.55. The third kappa shape index (κ3) is 3.09. The van der Waals surface area contributed by atoms with E-state index in [0.29, 0.717) is 22.7 Å². The first-order valence-electron chi connectivity index (χ1n) is 5.76. The minimum Gasteiger partial charge on any atom is -0.409 e. The number of benzene rings is 1. The quantitative estimate of drug-likeness (QED) is 0.335. The summed E-state index contributed by atoms with van der Waals surface area (Å²) in [6, 6.07) is 7.03. The fourth-order valence-corrected chi connectivity index (χ4v) is 2.13.